The van der Waals surface area contributed by atoms with Crippen LogP contribution in [0.3, 0.4) is 0 Å². The van der Waals surface area contributed by atoms with E-state index in [2.05, 4.69) is 12.3 Å². The molecule has 5 heteroatoms. The lowest BCUT2D eigenvalue weighted by molar-refractivity contribution is 0.0707. The predicted octanol–water partition coefficient (Wildman–Crippen LogP) is 3.76. The quantitative estimate of drug-likeness (QED) is 0.853. The van der Waals surface area contributed by atoms with E-state index in [4.69, 9.17) is 9.72 Å². The van der Waals surface area contributed by atoms with Crippen LogP contribution in [-0.4, -0.2) is 28.9 Å². The number of thiazole rings is 1. The van der Waals surface area contributed by atoms with E-state index in [1.165, 1.54) is 10.6 Å². The minimum atomic E-state index is 0.140. The number of nitrogens with zero attached hydrogens (tertiary/aromatic N) is 2. The summed E-state index contributed by atoms with van der Waals surface area (Å²) in [6.07, 6.45) is 3.15. The van der Waals surface area contributed by atoms with Crippen molar-refractivity contribution in [1.29, 1.82) is 0 Å². The predicted molar refractivity (Wildman–Crippen MR) is 94.3 cm³/mol. The van der Waals surface area contributed by atoms with E-state index in [1.54, 1.807) is 11.3 Å². The third kappa shape index (κ3) is 2.98. The number of carbonyl (C=O) groups excluding carboxylic acids is 1. The first-order valence-electron chi connectivity index (χ1n) is 8.67. The van der Waals surface area contributed by atoms with Gasteiger partial charge in [-0.15, -0.1) is 11.3 Å². The Labute approximate surface area is 146 Å². The molecule has 1 aromatic carbocycles. The number of ether oxygens (including phenoxy) is 1. The Hall–Kier alpha value is -1.72. The molecule has 1 saturated heterocycles. The SMILES string of the molecule is CCc1csc([C@H]2CCCN(C(=O)c3ccc4c(c3)COC4)C2)n1. The number of carbonyl (C=O) groups is 1. The molecule has 2 aromatic rings. The number of aryl methyl sites for hydroxylation is 1. The number of aromatic nitrogens is 1. The maximum atomic E-state index is 12.9. The number of fused-ring (bicyclic) bond motifs is 1. The summed E-state index contributed by atoms with van der Waals surface area (Å²) < 4.78 is 5.45. The number of likely N-dealkylation sites (tertiary alicyclic amines) is 1. The summed E-state index contributed by atoms with van der Waals surface area (Å²) in [6.45, 7) is 5.04. The maximum absolute atomic E-state index is 12.9. The van der Waals surface area contributed by atoms with Gasteiger partial charge in [0.2, 0.25) is 0 Å². The number of benzene rings is 1. The van der Waals surface area contributed by atoms with Gasteiger partial charge in [-0.1, -0.05) is 13.0 Å². The largest absolute Gasteiger partial charge is 0.372 e. The van der Waals surface area contributed by atoms with E-state index in [-0.39, 0.29) is 5.91 Å². The van der Waals surface area contributed by atoms with E-state index in [0.29, 0.717) is 19.1 Å². The van der Waals surface area contributed by atoms with Gasteiger partial charge in [0.1, 0.15) is 0 Å². The first-order valence-corrected chi connectivity index (χ1v) is 9.55. The molecule has 0 unspecified atom stereocenters. The third-order valence-corrected chi connectivity index (χ3v) is 6.01. The smallest absolute Gasteiger partial charge is 0.253 e. The molecule has 0 N–H and O–H groups in total. The molecule has 0 bridgehead atoms. The molecule has 0 aliphatic carbocycles. The van der Waals surface area contributed by atoms with Crippen molar-refractivity contribution in [3.8, 4) is 0 Å². The van der Waals surface area contributed by atoms with Gasteiger partial charge in [0, 0.05) is 30.0 Å². The molecule has 2 aliphatic rings. The minimum absolute atomic E-state index is 0.140. The molecule has 3 heterocycles. The average molecular weight is 342 g/mol. The highest BCUT2D eigenvalue weighted by molar-refractivity contribution is 7.09. The normalized spacial score (nSPS) is 20.2. The molecule has 0 spiro atoms. The van der Waals surface area contributed by atoms with Gasteiger partial charge in [0.25, 0.3) is 5.91 Å². The van der Waals surface area contributed by atoms with Crippen LogP contribution in [0.4, 0.5) is 0 Å². The molecular formula is C19H22N2O2S. The highest BCUT2D eigenvalue weighted by Gasteiger charge is 2.27. The van der Waals surface area contributed by atoms with E-state index < -0.39 is 0 Å². The topological polar surface area (TPSA) is 42.4 Å². The fourth-order valence-corrected chi connectivity index (χ4v) is 4.55. The summed E-state index contributed by atoms with van der Waals surface area (Å²) in [6, 6.07) is 5.98. The van der Waals surface area contributed by atoms with Crippen molar-refractivity contribution < 1.29 is 9.53 Å². The summed E-state index contributed by atoms with van der Waals surface area (Å²) >= 11 is 1.74. The number of rotatable bonds is 3. The Morgan fingerprint density at radius 2 is 2.25 bits per heavy atom. The van der Waals surface area contributed by atoms with Crippen LogP contribution in [0.25, 0.3) is 0 Å². The van der Waals surface area contributed by atoms with Crippen molar-refractivity contribution in [2.45, 2.75) is 45.3 Å². The molecule has 2 aliphatic heterocycles. The van der Waals surface area contributed by atoms with Crippen molar-refractivity contribution in [3.05, 3.63) is 51.0 Å². The van der Waals surface area contributed by atoms with Crippen molar-refractivity contribution in [1.82, 2.24) is 9.88 Å². The number of hydrogen-bond donors (Lipinski definition) is 0. The number of piperidine rings is 1. The zero-order valence-corrected chi connectivity index (χ0v) is 14.8. The molecule has 24 heavy (non-hydrogen) atoms. The lowest BCUT2D eigenvalue weighted by Crippen LogP contribution is -2.39. The lowest BCUT2D eigenvalue weighted by atomic mass is 9.97. The minimum Gasteiger partial charge on any atom is -0.372 e. The van der Waals surface area contributed by atoms with Crippen LogP contribution >= 0.6 is 11.3 Å². The van der Waals surface area contributed by atoms with E-state index in [0.717, 1.165) is 49.2 Å². The highest BCUT2D eigenvalue weighted by Crippen LogP contribution is 2.30. The molecule has 1 atom stereocenters. The Kier molecular flexibility index (Phi) is 4.37. The molecule has 0 radical (unpaired) electrons. The van der Waals surface area contributed by atoms with Gasteiger partial charge in [-0.05, 0) is 42.5 Å². The first kappa shape index (κ1) is 15.8. The monoisotopic (exact) mass is 342 g/mol. The summed E-state index contributed by atoms with van der Waals surface area (Å²) in [5, 5.41) is 3.34. The zero-order valence-electron chi connectivity index (χ0n) is 14.0. The van der Waals surface area contributed by atoms with Crippen LogP contribution in [0, 0.1) is 0 Å². The fraction of sp³-hybridized carbons (Fsp3) is 0.474. The highest BCUT2D eigenvalue weighted by atomic mass is 32.1. The fourth-order valence-electron chi connectivity index (χ4n) is 3.52. The average Bonchev–Trinajstić information content (AvgIpc) is 3.29. The summed E-state index contributed by atoms with van der Waals surface area (Å²) in [4.78, 5) is 19.6. The second-order valence-electron chi connectivity index (χ2n) is 6.60. The molecule has 1 aromatic heterocycles. The van der Waals surface area contributed by atoms with Gasteiger partial charge < -0.3 is 9.64 Å². The second-order valence-corrected chi connectivity index (χ2v) is 7.49. The van der Waals surface area contributed by atoms with Gasteiger partial charge in [0.15, 0.2) is 0 Å². The van der Waals surface area contributed by atoms with Crippen LogP contribution in [0.2, 0.25) is 0 Å². The molecule has 1 amide bonds. The summed E-state index contributed by atoms with van der Waals surface area (Å²) in [5.41, 5.74) is 4.31. The molecule has 4 nitrogen and oxygen atoms in total. The Bertz CT molecular complexity index is 756. The summed E-state index contributed by atoms with van der Waals surface area (Å²) in [7, 11) is 0. The molecule has 1 fully saturated rings. The maximum Gasteiger partial charge on any atom is 0.253 e. The molecule has 0 saturated carbocycles. The number of amides is 1. The van der Waals surface area contributed by atoms with Gasteiger partial charge in [0.05, 0.1) is 23.9 Å². The van der Waals surface area contributed by atoms with Crippen LogP contribution in [0.15, 0.2) is 23.6 Å². The van der Waals surface area contributed by atoms with Crippen LogP contribution in [0.5, 0.6) is 0 Å². The van der Waals surface area contributed by atoms with Crippen molar-refractivity contribution in [3.63, 3.8) is 0 Å². The molecular weight excluding hydrogens is 320 g/mol. The van der Waals surface area contributed by atoms with Crippen LogP contribution < -0.4 is 0 Å². The number of hydrogen-bond acceptors (Lipinski definition) is 4. The Balaban J connectivity index is 1.50. The first-order chi connectivity index (χ1) is 11.7. The van der Waals surface area contributed by atoms with Crippen molar-refractivity contribution in [2.75, 3.05) is 13.1 Å². The van der Waals surface area contributed by atoms with Gasteiger partial charge in [-0.25, -0.2) is 4.98 Å². The van der Waals surface area contributed by atoms with Crippen molar-refractivity contribution in [2.24, 2.45) is 0 Å². The third-order valence-electron chi connectivity index (χ3n) is 4.96. The Morgan fingerprint density at radius 1 is 1.38 bits per heavy atom. The van der Waals surface area contributed by atoms with Gasteiger partial charge >= 0.3 is 0 Å². The van der Waals surface area contributed by atoms with Crippen molar-refractivity contribution >= 4 is 17.2 Å². The summed E-state index contributed by atoms with van der Waals surface area (Å²) in [5.74, 6) is 0.521. The van der Waals surface area contributed by atoms with Gasteiger partial charge in [-0.3, -0.25) is 4.79 Å². The lowest BCUT2D eigenvalue weighted by Gasteiger charge is -2.32. The van der Waals surface area contributed by atoms with E-state index >= 15 is 0 Å². The molecule has 4 rings (SSSR count). The molecule has 126 valence electrons. The van der Waals surface area contributed by atoms with E-state index in [9.17, 15) is 4.79 Å². The second kappa shape index (κ2) is 6.65. The van der Waals surface area contributed by atoms with Crippen LogP contribution in [-0.2, 0) is 24.4 Å². The standard InChI is InChI=1S/C19H22N2O2S/c1-2-17-12-24-18(20-17)14-4-3-7-21(9-14)19(22)13-5-6-15-10-23-11-16(15)8-13/h5-6,8,12,14H,2-4,7,9-11H2,1H3/t14-/m0/s1. The van der Waals surface area contributed by atoms with Crippen LogP contribution in [0.1, 0.15) is 57.9 Å². The van der Waals surface area contributed by atoms with E-state index in [1.807, 2.05) is 23.1 Å². The van der Waals surface area contributed by atoms with Gasteiger partial charge in [-0.2, -0.15) is 0 Å². The zero-order chi connectivity index (χ0) is 16.5. The Morgan fingerprint density at radius 3 is 3.08 bits per heavy atom.